The van der Waals surface area contributed by atoms with Crippen molar-refractivity contribution >= 4 is 23.8 Å². The van der Waals surface area contributed by atoms with Crippen molar-refractivity contribution in [3.8, 4) is 11.4 Å². The van der Waals surface area contributed by atoms with Gasteiger partial charge in [0.15, 0.2) is 11.6 Å². The highest BCUT2D eigenvalue weighted by Gasteiger charge is 2.50. The lowest BCUT2D eigenvalue weighted by Crippen LogP contribution is -2.46. The van der Waals surface area contributed by atoms with Crippen LogP contribution in [0.25, 0.3) is 11.4 Å². The van der Waals surface area contributed by atoms with Crippen LogP contribution in [0.15, 0.2) is 48.5 Å². The largest absolute Gasteiger partial charge is 0.465 e. The highest BCUT2D eigenvalue weighted by molar-refractivity contribution is 6.06. The summed E-state index contributed by atoms with van der Waals surface area (Å²) in [7, 11) is 1.29. The van der Waals surface area contributed by atoms with Crippen molar-refractivity contribution in [1.29, 1.82) is 0 Å². The summed E-state index contributed by atoms with van der Waals surface area (Å²) in [6.45, 7) is 1.92. The highest BCUT2D eigenvalue weighted by Crippen LogP contribution is 2.61. The number of carbonyl (C=O) groups excluding carboxylic acids is 2. The number of amides is 1. The van der Waals surface area contributed by atoms with E-state index in [0.717, 1.165) is 29.7 Å². The molecule has 4 fully saturated rings. The molecule has 4 aliphatic rings. The number of nitrogens with one attached hydrogen (secondary N) is 1. The first-order valence-corrected chi connectivity index (χ1v) is 14.2. The van der Waals surface area contributed by atoms with Crippen LogP contribution in [0.3, 0.4) is 0 Å². The minimum absolute atomic E-state index is 0.237. The van der Waals surface area contributed by atoms with Gasteiger partial charge < -0.3 is 15.2 Å². The summed E-state index contributed by atoms with van der Waals surface area (Å²) in [5.74, 6) is 1.91. The predicted octanol–water partition coefficient (Wildman–Crippen LogP) is 6.57. The molecule has 2 N–H and O–H groups in total. The number of aromatic nitrogens is 2. The summed E-state index contributed by atoms with van der Waals surface area (Å²) < 4.78 is 6.05. The molecule has 0 unspecified atom stereocenters. The standard InChI is InChI=1S/C32H35N3O5/c1-19-6-3-4-9-25(19)28-33-27(34-29(36)23-7-5-8-24(15-23)30(37)40-2)26(35(28)31(38)39)10-11-32-16-20-12-21(17-32)14-22(13-20)18-32/h3-9,15,20-22H,10-14,16-18H2,1-2H3,(H,34,36)(H,38,39). The van der Waals surface area contributed by atoms with Gasteiger partial charge in [-0.3, -0.25) is 4.79 Å². The highest BCUT2D eigenvalue weighted by atomic mass is 16.5. The number of hydrogen-bond acceptors (Lipinski definition) is 5. The number of nitrogens with zero attached hydrogens (tertiary/aromatic N) is 2. The average Bonchev–Trinajstić information content (AvgIpc) is 3.29. The topological polar surface area (TPSA) is 111 Å². The van der Waals surface area contributed by atoms with Gasteiger partial charge >= 0.3 is 12.1 Å². The van der Waals surface area contributed by atoms with Crippen molar-refractivity contribution in [3.63, 3.8) is 0 Å². The normalized spacial score (nSPS) is 24.6. The Hall–Kier alpha value is -3.94. The van der Waals surface area contributed by atoms with Crippen molar-refractivity contribution in [2.75, 3.05) is 12.4 Å². The molecule has 1 amide bonds. The van der Waals surface area contributed by atoms with Gasteiger partial charge in [0.1, 0.15) is 0 Å². The summed E-state index contributed by atoms with van der Waals surface area (Å²) in [6, 6.07) is 13.8. The van der Waals surface area contributed by atoms with Crippen molar-refractivity contribution in [3.05, 3.63) is 70.9 Å². The molecule has 4 saturated carbocycles. The van der Waals surface area contributed by atoms with Crippen LogP contribution in [0.2, 0.25) is 0 Å². The van der Waals surface area contributed by atoms with E-state index in [1.54, 1.807) is 18.2 Å². The van der Waals surface area contributed by atoms with Crippen LogP contribution in [-0.4, -0.2) is 39.7 Å². The van der Waals surface area contributed by atoms with Crippen molar-refractivity contribution in [2.24, 2.45) is 23.2 Å². The molecule has 0 spiro atoms. The van der Waals surface area contributed by atoms with E-state index in [1.807, 2.05) is 31.2 Å². The SMILES string of the molecule is COC(=O)c1cccc(C(=O)Nc2nc(-c3ccccc3C)n(C(=O)O)c2CCC23CC4CC(CC(C4)C2)C3)c1. The van der Waals surface area contributed by atoms with Crippen LogP contribution < -0.4 is 5.32 Å². The number of esters is 1. The number of anilines is 1. The third-order valence-corrected chi connectivity index (χ3v) is 9.39. The maximum Gasteiger partial charge on any atom is 0.417 e. The van der Waals surface area contributed by atoms with E-state index in [-0.39, 0.29) is 22.4 Å². The van der Waals surface area contributed by atoms with E-state index < -0.39 is 18.0 Å². The Balaban J connectivity index is 1.37. The van der Waals surface area contributed by atoms with Crippen LogP contribution in [0.1, 0.15) is 76.9 Å². The zero-order valence-electron chi connectivity index (χ0n) is 23.0. The summed E-state index contributed by atoms with van der Waals surface area (Å²) in [6.07, 6.45) is 7.94. The van der Waals surface area contributed by atoms with E-state index >= 15 is 0 Å². The van der Waals surface area contributed by atoms with E-state index in [9.17, 15) is 19.5 Å². The van der Waals surface area contributed by atoms with Gasteiger partial charge in [0.2, 0.25) is 0 Å². The summed E-state index contributed by atoms with van der Waals surface area (Å²) in [4.78, 5) is 42.9. The second-order valence-electron chi connectivity index (χ2n) is 12.1. The Kier molecular flexibility index (Phi) is 6.72. The number of benzene rings is 2. The minimum Gasteiger partial charge on any atom is -0.465 e. The third-order valence-electron chi connectivity index (χ3n) is 9.39. The Bertz CT molecular complexity index is 1450. The van der Waals surface area contributed by atoms with Gasteiger partial charge in [0, 0.05) is 11.1 Å². The van der Waals surface area contributed by atoms with Gasteiger partial charge in [-0.25, -0.2) is 19.1 Å². The zero-order valence-corrected chi connectivity index (χ0v) is 23.0. The number of ether oxygens (including phenoxy) is 1. The molecule has 3 aromatic rings. The number of carbonyl (C=O) groups is 3. The molecule has 8 heteroatoms. The van der Waals surface area contributed by atoms with Crippen LogP contribution >= 0.6 is 0 Å². The summed E-state index contributed by atoms with van der Waals surface area (Å²) >= 11 is 0. The first-order chi connectivity index (χ1) is 19.2. The third kappa shape index (κ3) is 4.80. The molecule has 0 radical (unpaired) electrons. The van der Waals surface area contributed by atoms with Gasteiger partial charge in [-0.15, -0.1) is 0 Å². The Labute approximate surface area is 233 Å². The van der Waals surface area contributed by atoms with Gasteiger partial charge in [0.05, 0.1) is 18.4 Å². The van der Waals surface area contributed by atoms with Crippen molar-refractivity contribution in [1.82, 2.24) is 9.55 Å². The van der Waals surface area contributed by atoms with E-state index in [4.69, 9.17) is 9.72 Å². The number of methoxy groups -OCH3 is 1. The van der Waals surface area contributed by atoms with Gasteiger partial charge in [-0.1, -0.05) is 30.3 Å². The van der Waals surface area contributed by atoms with E-state index in [2.05, 4.69) is 5.32 Å². The Morgan fingerprint density at radius 3 is 2.27 bits per heavy atom. The molecule has 0 saturated heterocycles. The molecular formula is C32H35N3O5. The van der Waals surface area contributed by atoms with Crippen LogP contribution in [0, 0.1) is 30.1 Å². The maximum atomic E-state index is 13.4. The van der Waals surface area contributed by atoms with Crippen molar-refractivity contribution in [2.45, 2.75) is 58.3 Å². The van der Waals surface area contributed by atoms with Gasteiger partial charge in [-0.05, 0) is 105 Å². The van der Waals surface area contributed by atoms with Crippen LogP contribution in [0.5, 0.6) is 0 Å². The molecular weight excluding hydrogens is 506 g/mol. The molecule has 4 bridgehead atoms. The second kappa shape index (κ2) is 10.2. The lowest BCUT2D eigenvalue weighted by atomic mass is 9.48. The molecule has 40 heavy (non-hydrogen) atoms. The molecule has 7 rings (SSSR count). The predicted molar refractivity (Wildman–Crippen MR) is 150 cm³/mol. The quantitative estimate of drug-likeness (QED) is 0.327. The molecule has 8 nitrogen and oxygen atoms in total. The molecule has 208 valence electrons. The fourth-order valence-electron chi connectivity index (χ4n) is 8.06. The van der Waals surface area contributed by atoms with E-state index in [1.165, 1.54) is 56.3 Å². The average molecular weight is 542 g/mol. The molecule has 0 aliphatic heterocycles. The van der Waals surface area contributed by atoms with E-state index in [0.29, 0.717) is 23.5 Å². The number of hydrogen-bond donors (Lipinski definition) is 2. The number of imidazole rings is 1. The zero-order chi connectivity index (χ0) is 28.0. The first kappa shape index (κ1) is 26.3. The Morgan fingerprint density at radius 2 is 1.65 bits per heavy atom. The van der Waals surface area contributed by atoms with Crippen LogP contribution in [0.4, 0.5) is 10.6 Å². The Morgan fingerprint density at radius 1 is 1.00 bits per heavy atom. The lowest BCUT2D eigenvalue weighted by Gasteiger charge is -2.57. The smallest absolute Gasteiger partial charge is 0.417 e. The first-order valence-electron chi connectivity index (χ1n) is 14.2. The summed E-state index contributed by atoms with van der Waals surface area (Å²) in [5.41, 5.74) is 2.85. The fourth-order valence-corrected chi connectivity index (χ4v) is 8.06. The van der Waals surface area contributed by atoms with Crippen molar-refractivity contribution < 1.29 is 24.2 Å². The minimum atomic E-state index is -1.13. The monoisotopic (exact) mass is 541 g/mol. The van der Waals surface area contributed by atoms with Crippen LogP contribution in [-0.2, 0) is 11.2 Å². The second-order valence-corrected chi connectivity index (χ2v) is 12.1. The molecule has 0 atom stereocenters. The fraction of sp³-hybridized carbons (Fsp3) is 0.438. The number of carboxylic acid groups (broad SMARTS) is 1. The molecule has 4 aliphatic carbocycles. The lowest BCUT2D eigenvalue weighted by molar-refractivity contribution is -0.0571. The molecule has 2 aromatic carbocycles. The number of rotatable bonds is 7. The number of aryl methyl sites for hydroxylation is 1. The van der Waals surface area contributed by atoms with Gasteiger partial charge in [-0.2, -0.15) is 0 Å². The summed E-state index contributed by atoms with van der Waals surface area (Å²) in [5, 5.41) is 13.3. The van der Waals surface area contributed by atoms with Gasteiger partial charge in [0.25, 0.3) is 5.91 Å². The maximum absolute atomic E-state index is 13.4. The molecule has 1 heterocycles. The molecule has 1 aromatic heterocycles.